The summed E-state index contributed by atoms with van der Waals surface area (Å²) in [6.45, 7) is 25.4. The molecule has 0 aliphatic carbocycles. The van der Waals surface area contributed by atoms with Crippen LogP contribution < -0.4 is 11.2 Å². The summed E-state index contributed by atoms with van der Waals surface area (Å²) in [5.41, 5.74) is -1.67. The third-order valence-electron chi connectivity index (χ3n) is 7.01. The fourth-order valence-electron chi connectivity index (χ4n) is 5.64. The Morgan fingerprint density at radius 3 is 0.855 bits per heavy atom. The summed E-state index contributed by atoms with van der Waals surface area (Å²) >= 11 is 0. The minimum atomic E-state index is -3.84. The molecule has 0 unspecified atom stereocenters. The molecule has 0 aliphatic rings. The fourth-order valence-corrected chi connectivity index (χ4v) is 12.8. The highest BCUT2D eigenvalue weighted by Gasteiger charge is 2.34. The average Bonchev–Trinajstić information content (AvgIpc) is 3.04. The molecule has 0 aromatic carbocycles. The second kappa shape index (κ2) is 27.7. The highest BCUT2D eigenvalue weighted by atomic mass is 31.2. The molecule has 20 nitrogen and oxygen atoms in total. The van der Waals surface area contributed by atoms with Crippen molar-refractivity contribution >= 4 is 30.4 Å². The van der Waals surface area contributed by atoms with E-state index in [1.54, 1.807) is 111 Å². The number of rotatable bonds is 34. The Labute approximate surface area is 368 Å². The number of aromatic nitrogens is 2. The van der Waals surface area contributed by atoms with E-state index in [-0.39, 0.29) is 13.2 Å². The van der Waals surface area contributed by atoms with Crippen molar-refractivity contribution in [2.75, 3.05) is 51.8 Å². The van der Waals surface area contributed by atoms with Gasteiger partial charge in [0.25, 0.3) is 5.56 Å². The van der Waals surface area contributed by atoms with Gasteiger partial charge in [0, 0.05) is 12.3 Å². The molecule has 1 aromatic rings. The Kier molecular flexibility index (Phi) is 26.4. The van der Waals surface area contributed by atoms with Crippen LogP contribution in [-0.2, 0) is 73.4 Å². The predicted octanol–water partition coefficient (Wildman–Crippen LogP) is 9.16. The molecule has 0 saturated carbocycles. The Morgan fingerprint density at radius 2 is 0.629 bits per heavy atom. The molecule has 0 fully saturated rings. The summed E-state index contributed by atoms with van der Waals surface area (Å²) in [5.74, 6) is 0. The smallest absolute Gasteiger partial charge is 0.356 e. The monoisotopic (exact) mass is 972 g/mol. The highest BCUT2D eigenvalue weighted by Crippen LogP contribution is 2.53. The number of ether oxygens (including phenoxy) is 4. The average molecular weight is 973 g/mol. The lowest BCUT2D eigenvalue weighted by Crippen LogP contribution is -2.46. The Morgan fingerprint density at radius 1 is 0.403 bits per heavy atom. The molecule has 1 heterocycles. The van der Waals surface area contributed by atoms with Gasteiger partial charge in [0.1, 0.15) is 25.4 Å². The van der Waals surface area contributed by atoms with Crippen molar-refractivity contribution in [2.45, 2.75) is 172 Å². The van der Waals surface area contributed by atoms with E-state index >= 15 is 0 Å². The SMILES string of the molecule is CC(C)OP(=O)(COCC(COCP(=O)(OC(C)C)OC(C)C)n1ccc(=O)n(C(COCP(=O)(OC(C)C)OC(C)C)COCP(=O)(OC(C)C)OC(C)C)c1=O)OC(C)C. The lowest BCUT2D eigenvalue weighted by molar-refractivity contribution is 0.0377. The molecule has 0 bridgehead atoms. The summed E-state index contributed by atoms with van der Waals surface area (Å²) in [7, 11) is -15.3. The Balaban J connectivity index is 3.81. The maximum absolute atomic E-state index is 14.6. The Bertz CT molecular complexity index is 1620. The topological polar surface area (TPSA) is 223 Å². The molecule has 0 spiro atoms. The minimum Gasteiger partial charge on any atom is -0.367 e. The molecular formula is C38H76N2O18P4. The third-order valence-corrected chi connectivity index (χ3v) is 14.9. The molecule has 0 saturated heterocycles. The van der Waals surface area contributed by atoms with Crippen LogP contribution in [0.3, 0.4) is 0 Å². The van der Waals surface area contributed by atoms with E-state index < -0.39 is 141 Å². The van der Waals surface area contributed by atoms with Crippen molar-refractivity contribution in [3.63, 3.8) is 0 Å². The minimum absolute atomic E-state index is 0.340. The van der Waals surface area contributed by atoms with Gasteiger partial charge in [-0.1, -0.05) is 0 Å². The van der Waals surface area contributed by atoms with Crippen LogP contribution >= 0.6 is 30.4 Å². The van der Waals surface area contributed by atoms with Gasteiger partial charge in [-0.25, -0.2) is 4.79 Å². The van der Waals surface area contributed by atoms with Crippen molar-refractivity contribution in [3.05, 3.63) is 33.1 Å². The van der Waals surface area contributed by atoms with Gasteiger partial charge in [-0.15, -0.1) is 0 Å². The van der Waals surface area contributed by atoms with E-state index in [1.165, 1.54) is 6.20 Å². The van der Waals surface area contributed by atoms with Gasteiger partial charge in [0.05, 0.1) is 87.3 Å². The van der Waals surface area contributed by atoms with Crippen molar-refractivity contribution in [2.24, 2.45) is 0 Å². The molecule has 24 heteroatoms. The second-order valence-corrected chi connectivity index (χ2v) is 24.3. The van der Waals surface area contributed by atoms with Crippen LogP contribution in [0.15, 0.2) is 21.9 Å². The van der Waals surface area contributed by atoms with Gasteiger partial charge in [0.15, 0.2) is 0 Å². The van der Waals surface area contributed by atoms with E-state index in [0.717, 1.165) is 15.2 Å². The third kappa shape index (κ3) is 23.5. The van der Waals surface area contributed by atoms with E-state index in [0.29, 0.717) is 0 Å². The maximum Gasteiger partial charge on any atom is 0.356 e. The van der Waals surface area contributed by atoms with Gasteiger partial charge >= 0.3 is 36.1 Å². The van der Waals surface area contributed by atoms with Crippen LogP contribution in [-0.4, -0.2) is 110 Å². The van der Waals surface area contributed by atoms with Crippen molar-refractivity contribution in [1.29, 1.82) is 0 Å². The standard InChI is InChI=1S/C38H76N2O18P4/c1-27(2)51-59(43,52-28(3)4)23-47-19-35(20-48-24-60(44,53-29(5)6)54-30(7)8)39-18-17-37(41)40(38(39)42)36(21-49-25-61(45,55-31(9)10)56-32(11)12)22-50-26-62(46,57-33(13)14)58-34(15)16/h17-18,27-36H,19-26H2,1-16H3. The van der Waals surface area contributed by atoms with Gasteiger partial charge < -0.3 is 55.1 Å². The molecule has 366 valence electrons. The van der Waals surface area contributed by atoms with Crippen molar-refractivity contribution < 1.29 is 73.4 Å². The Hall–Kier alpha value is -0.880. The van der Waals surface area contributed by atoms with Gasteiger partial charge in [-0.2, -0.15) is 0 Å². The first-order valence-electron chi connectivity index (χ1n) is 21.0. The van der Waals surface area contributed by atoms with Gasteiger partial charge in [-0.05, 0) is 111 Å². The molecule has 0 aliphatic heterocycles. The summed E-state index contributed by atoms with van der Waals surface area (Å²) in [5, 5.41) is 0. The van der Waals surface area contributed by atoms with Crippen LogP contribution in [0.1, 0.15) is 123 Å². The summed E-state index contributed by atoms with van der Waals surface area (Å²) in [6, 6.07) is -1.18. The largest absolute Gasteiger partial charge is 0.367 e. The van der Waals surface area contributed by atoms with Gasteiger partial charge in [-0.3, -0.25) is 32.2 Å². The normalized spacial score (nSPS) is 13.7. The van der Waals surface area contributed by atoms with Gasteiger partial charge in [0.2, 0.25) is 0 Å². The second-order valence-electron chi connectivity index (χ2n) is 16.7. The predicted molar refractivity (Wildman–Crippen MR) is 237 cm³/mol. The highest BCUT2D eigenvalue weighted by molar-refractivity contribution is 7.54. The van der Waals surface area contributed by atoms with Crippen LogP contribution in [0, 0.1) is 0 Å². The zero-order chi connectivity index (χ0) is 47.6. The van der Waals surface area contributed by atoms with E-state index in [2.05, 4.69) is 0 Å². The van der Waals surface area contributed by atoms with Crippen LogP contribution in [0.25, 0.3) is 0 Å². The molecule has 62 heavy (non-hydrogen) atoms. The number of hydrogen-bond acceptors (Lipinski definition) is 18. The molecule has 1 rings (SSSR count). The first-order valence-corrected chi connectivity index (χ1v) is 27.9. The molecular weight excluding hydrogens is 896 g/mol. The van der Waals surface area contributed by atoms with Crippen LogP contribution in [0.4, 0.5) is 0 Å². The molecule has 1 aromatic heterocycles. The zero-order valence-electron chi connectivity index (χ0n) is 39.6. The van der Waals surface area contributed by atoms with E-state index in [4.69, 9.17) is 55.1 Å². The number of hydrogen-bond donors (Lipinski definition) is 0. The summed E-state index contributed by atoms with van der Waals surface area (Å²) in [6.07, 6.45) is -4.73. The van der Waals surface area contributed by atoms with E-state index in [1.807, 2.05) is 0 Å². The van der Waals surface area contributed by atoms with Crippen LogP contribution in [0.2, 0.25) is 0 Å². The molecule has 0 radical (unpaired) electrons. The summed E-state index contributed by atoms with van der Waals surface area (Å²) in [4.78, 5) is 28.3. The van der Waals surface area contributed by atoms with E-state index in [9.17, 15) is 27.8 Å². The lowest BCUT2D eigenvalue weighted by Gasteiger charge is -2.27. The van der Waals surface area contributed by atoms with Crippen molar-refractivity contribution in [1.82, 2.24) is 9.13 Å². The number of nitrogens with zero attached hydrogens (tertiary/aromatic N) is 2. The quantitative estimate of drug-likeness (QED) is 0.0587. The van der Waals surface area contributed by atoms with Crippen molar-refractivity contribution in [3.8, 4) is 0 Å². The zero-order valence-corrected chi connectivity index (χ0v) is 43.2. The van der Waals surface area contributed by atoms with Crippen LogP contribution in [0.5, 0.6) is 0 Å². The maximum atomic E-state index is 14.6. The summed E-state index contributed by atoms with van der Waals surface area (Å²) < 4.78 is 125. The molecule has 0 N–H and O–H groups in total. The lowest BCUT2D eigenvalue weighted by atomic mass is 10.3. The molecule has 0 atom stereocenters. The molecule has 0 amide bonds. The fraction of sp³-hybridized carbons (Fsp3) is 0.895. The first-order chi connectivity index (χ1) is 28.5. The first kappa shape index (κ1) is 59.1.